The van der Waals surface area contributed by atoms with Gasteiger partial charge in [0.05, 0.1) is 6.61 Å². The highest BCUT2D eigenvalue weighted by Crippen LogP contribution is 2.11. The minimum Gasteiger partial charge on any atom is -0.478 e. The SMILES string of the molecule is CCCNc1cccc(OCCCOC)n1. The zero-order chi connectivity index (χ0) is 11.6. The lowest BCUT2D eigenvalue weighted by Gasteiger charge is -2.07. The fraction of sp³-hybridized carbons (Fsp3) is 0.583. The van der Waals surface area contributed by atoms with E-state index in [9.17, 15) is 0 Å². The second kappa shape index (κ2) is 7.93. The molecule has 1 aromatic rings. The zero-order valence-electron chi connectivity index (χ0n) is 10.0. The molecule has 16 heavy (non-hydrogen) atoms. The van der Waals surface area contributed by atoms with E-state index in [1.54, 1.807) is 7.11 Å². The van der Waals surface area contributed by atoms with Crippen molar-refractivity contribution in [2.75, 3.05) is 32.2 Å². The molecule has 0 saturated heterocycles. The lowest BCUT2D eigenvalue weighted by molar-refractivity contribution is 0.170. The van der Waals surface area contributed by atoms with Crippen LogP contribution in [0.1, 0.15) is 19.8 Å². The van der Waals surface area contributed by atoms with Crippen LogP contribution < -0.4 is 10.1 Å². The molecule has 0 spiro atoms. The van der Waals surface area contributed by atoms with Crippen molar-refractivity contribution in [3.05, 3.63) is 18.2 Å². The summed E-state index contributed by atoms with van der Waals surface area (Å²) >= 11 is 0. The minimum absolute atomic E-state index is 0.637. The number of methoxy groups -OCH3 is 1. The topological polar surface area (TPSA) is 43.4 Å². The van der Waals surface area contributed by atoms with Crippen LogP contribution in [0, 0.1) is 0 Å². The van der Waals surface area contributed by atoms with Gasteiger partial charge in [-0.1, -0.05) is 13.0 Å². The second-order valence-electron chi connectivity index (χ2n) is 3.48. The first-order valence-corrected chi connectivity index (χ1v) is 5.69. The molecule has 0 saturated carbocycles. The van der Waals surface area contributed by atoms with E-state index in [-0.39, 0.29) is 0 Å². The molecule has 1 rings (SSSR count). The Labute approximate surface area is 97.0 Å². The van der Waals surface area contributed by atoms with Crippen LogP contribution in [0.15, 0.2) is 18.2 Å². The number of nitrogens with zero attached hydrogens (tertiary/aromatic N) is 1. The van der Waals surface area contributed by atoms with E-state index in [4.69, 9.17) is 9.47 Å². The maximum atomic E-state index is 5.50. The van der Waals surface area contributed by atoms with Crippen LogP contribution in [0.4, 0.5) is 5.82 Å². The number of aromatic nitrogens is 1. The summed E-state index contributed by atoms with van der Waals surface area (Å²) in [7, 11) is 1.69. The van der Waals surface area contributed by atoms with Crippen LogP contribution in [0.25, 0.3) is 0 Å². The van der Waals surface area contributed by atoms with Gasteiger partial charge in [-0.2, -0.15) is 4.98 Å². The first kappa shape index (κ1) is 12.8. The van der Waals surface area contributed by atoms with Crippen molar-refractivity contribution in [3.8, 4) is 5.88 Å². The molecule has 0 bridgehead atoms. The van der Waals surface area contributed by atoms with Gasteiger partial charge < -0.3 is 14.8 Å². The molecule has 0 amide bonds. The van der Waals surface area contributed by atoms with Gasteiger partial charge >= 0.3 is 0 Å². The summed E-state index contributed by atoms with van der Waals surface area (Å²) in [4.78, 5) is 4.33. The number of anilines is 1. The number of pyridine rings is 1. The Morgan fingerprint density at radius 2 is 2.19 bits per heavy atom. The molecule has 0 radical (unpaired) electrons. The Morgan fingerprint density at radius 3 is 2.94 bits per heavy atom. The van der Waals surface area contributed by atoms with Crippen molar-refractivity contribution < 1.29 is 9.47 Å². The number of ether oxygens (including phenoxy) is 2. The first-order valence-electron chi connectivity index (χ1n) is 5.69. The molecule has 4 heteroatoms. The summed E-state index contributed by atoms with van der Waals surface area (Å²) in [5.41, 5.74) is 0. The summed E-state index contributed by atoms with van der Waals surface area (Å²) in [6, 6.07) is 5.75. The number of hydrogen-bond donors (Lipinski definition) is 1. The predicted octanol–water partition coefficient (Wildman–Crippen LogP) is 2.32. The summed E-state index contributed by atoms with van der Waals surface area (Å²) in [6.45, 7) is 4.41. The van der Waals surface area contributed by atoms with E-state index in [2.05, 4.69) is 17.2 Å². The number of nitrogens with one attached hydrogen (secondary N) is 1. The van der Waals surface area contributed by atoms with Gasteiger partial charge in [-0.15, -0.1) is 0 Å². The molecular formula is C12H20N2O2. The third kappa shape index (κ3) is 4.98. The van der Waals surface area contributed by atoms with Gasteiger partial charge in [0.2, 0.25) is 5.88 Å². The maximum absolute atomic E-state index is 5.50. The van der Waals surface area contributed by atoms with Crippen LogP contribution in [0.5, 0.6) is 5.88 Å². The van der Waals surface area contributed by atoms with E-state index in [1.165, 1.54) is 0 Å². The van der Waals surface area contributed by atoms with Gasteiger partial charge in [-0.3, -0.25) is 0 Å². The quantitative estimate of drug-likeness (QED) is 0.688. The highest BCUT2D eigenvalue weighted by molar-refractivity contribution is 5.36. The van der Waals surface area contributed by atoms with Crippen molar-refractivity contribution in [3.63, 3.8) is 0 Å². The van der Waals surface area contributed by atoms with E-state index in [0.29, 0.717) is 19.1 Å². The molecule has 0 aliphatic rings. The summed E-state index contributed by atoms with van der Waals surface area (Å²) in [6.07, 6.45) is 1.96. The first-order chi connectivity index (χ1) is 7.86. The molecular weight excluding hydrogens is 204 g/mol. The van der Waals surface area contributed by atoms with Crippen molar-refractivity contribution >= 4 is 5.82 Å². The third-order valence-corrected chi connectivity index (χ3v) is 2.02. The summed E-state index contributed by atoms with van der Waals surface area (Å²) in [5.74, 6) is 1.53. The summed E-state index contributed by atoms with van der Waals surface area (Å²) in [5, 5.41) is 3.22. The number of rotatable bonds is 8. The number of hydrogen-bond acceptors (Lipinski definition) is 4. The van der Waals surface area contributed by atoms with E-state index < -0.39 is 0 Å². The third-order valence-electron chi connectivity index (χ3n) is 2.02. The molecule has 4 nitrogen and oxygen atoms in total. The molecule has 90 valence electrons. The van der Waals surface area contributed by atoms with Crippen molar-refractivity contribution in [2.24, 2.45) is 0 Å². The maximum Gasteiger partial charge on any atom is 0.215 e. The van der Waals surface area contributed by atoms with Gasteiger partial charge in [0.15, 0.2) is 0 Å². The smallest absolute Gasteiger partial charge is 0.215 e. The Morgan fingerprint density at radius 1 is 1.31 bits per heavy atom. The van der Waals surface area contributed by atoms with E-state index >= 15 is 0 Å². The fourth-order valence-corrected chi connectivity index (χ4v) is 1.23. The fourth-order valence-electron chi connectivity index (χ4n) is 1.23. The van der Waals surface area contributed by atoms with Crippen molar-refractivity contribution in [1.29, 1.82) is 0 Å². The van der Waals surface area contributed by atoms with Gasteiger partial charge in [0.25, 0.3) is 0 Å². The van der Waals surface area contributed by atoms with Crippen LogP contribution in [-0.2, 0) is 4.74 Å². The molecule has 1 N–H and O–H groups in total. The monoisotopic (exact) mass is 224 g/mol. The van der Waals surface area contributed by atoms with Crippen LogP contribution in [-0.4, -0.2) is 31.9 Å². The highest BCUT2D eigenvalue weighted by Gasteiger charge is 1.97. The second-order valence-corrected chi connectivity index (χ2v) is 3.48. The Balaban J connectivity index is 2.35. The average molecular weight is 224 g/mol. The van der Waals surface area contributed by atoms with Gasteiger partial charge in [0, 0.05) is 32.7 Å². The standard InChI is InChI=1S/C12H20N2O2/c1-3-8-13-11-6-4-7-12(14-11)16-10-5-9-15-2/h4,6-7H,3,5,8-10H2,1-2H3,(H,13,14). The molecule has 1 heterocycles. The molecule has 0 aliphatic carbocycles. The van der Waals surface area contributed by atoms with Gasteiger partial charge in [0.1, 0.15) is 5.82 Å². The van der Waals surface area contributed by atoms with Crippen LogP contribution >= 0.6 is 0 Å². The lowest BCUT2D eigenvalue weighted by atomic mass is 10.4. The van der Waals surface area contributed by atoms with Gasteiger partial charge in [-0.25, -0.2) is 0 Å². The largest absolute Gasteiger partial charge is 0.478 e. The Hall–Kier alpha value is -1.29. The average Bonchev–Trinajstić information content (AvgIpc) is 2.33. The van der Waals surface area contributed by atoms with Crippen molar-refractivity contribution in [2.45, 2.75) is 19.8 Å². The molecule has 0 atom stereocenters. The molecule has 0 aromatic carbocycles. The molecule has 0 aliphatic heterocycles. The Bertz CT molecular complexity index is 292. The van der Waals surface area contributed by atoms with Crippen molar-refractivity contribution in [1.82, 2.24) is 4.98 Å². The van der Waals surface area contributed by atoms with E-state index in [1.807, 2.05) is 18.2 Å². The van der Waals surface area contributed by atoms with Crippen LogP contribution in [0.3, 0.4) is 0 Å². The minimum atomic E-state index is 0.637. The van der Waals surface area contributed by atoms with E-state index in [0.717, 1.165) is 25.2 Å². The highest BCUT2D eigenvalue weighted by atomic mass is 16.5. The normalized spacial score (nSPS) is 10.1. The van der Waals surface area contributed by atoms with Crippen LogP contribution in [0.2, 0.25) is 0 Å². The molecule has 1 aromatic heterocycles. The molecule has 0 unspecified atom stereocenters. The lowest BCUT2D eigenvalue weighted by Crippen LogP contribution is -2.05. The zero-order valence-corrected chi connectivity index (χ0v) is 10.0. The van der Waals surface area contributed by atoms with Gasteiger partial charge in [-0.05, 0) is 12.5 Å². The summed E-state index contributed by atoms with van der Waals surface area (Å²) < 4.78 is 10.4. The molecule has 0 fully saturated rings. The predicted molar refractivity (Wildman–Crippen MR) is 65.0 cm³/mol. The Kier molecular flexibility index (Phi) is 6.33.